The van der Waals surface area contributed by atoms with Gasteiger partial charge in [0.05, 0.1) is 0 Å². The number of carbonyl (C=O) groups excluding carboxylic acids is 1. The monoisotopic (exact) mass is 270 g/mol. The van der Waals surface area contributed by atoms with Gasteiger partial charge in [-0.2, -0.15) is 0 Å². The van der Waals surface area contributed by atoms with Gasteiger partial charge in [0.1, 0.15) is 5.60 Å². The first kappa shape index (κ1) is 16.3. The third-order valence-electron chi connectivity index (χ3n) is 3.82. The molecule has 0 saturated carbocycles. The number of hydrogen-bond acceptors (Lipinski definition) is 3. The van der Waals surface area contributed by atoms with E-state index in [0.29, 0.717) is 6.04 Å². The quantitative estimate of drug-likeness (QED) is 0.790. The minimum Gasteiger partial charge on any atom is -0.444 e. The highest BCUT2D eigenvalue weighted by atomic mass is 16.6. The molecule has 19 heavy (non-hydrogen) atoms. The molecule has 1 saturated heterocycles. The van der Waals surface area contributed by atoms with Crippen LogP contribution in [0, 0.1) is 5.92 Å². The van der Waals surface area contributed by atoms with Crippen LogP contribution in [0.25, 0.3) is 0 Å². The van der Waals surface area contributed by atoms with Gasteiger partial charge in [-0.3, -0.25) is 0 Å². The van der Waals surface area contributed by atoms with Crippen molar-refractivity contribution in [3.63, 3.8) is 0 Å². The van der Waals surface area contributed by atoms with Crippen LogP contribution in [0.3, 0.4) is 0 Å². The summed E-state index contributed by atoms with van der Waals surface area (Å²) in [7, 11) is 4.25. The molecule has 1 amide bonds. The van der Waals surface area contributed by atoms with Crippen molar-refractivity contribution in [1.29, 1.82) is 0 Å². The van der Waals surface area contributed by atoms with Gasteiger partial charge >= 0.3 is 6.09 Å². The van der Waals surface area contributed by atoms with Crippen LogP contribution in [0.15, 0.2) is 0 Å². The zero-order valence-electron chi connectivity index (χ0n) is 13.4. The summed E-state index contributed by atoms with van der Waals surface area (Å²) in [6.45, 7) is 9.67. The van der Waals surface area contributed by atoms with Crippen LogP contribution in [0.4, 0.5) is 4.79 Å². The van der Waals surface area contributed by atoms with Gasteiger partial charge in [-0.05, 0) is 67.0 Å². The van der Waals surface area contributed by atoms with Crippen LogP contribution in [0.1, 0.15) is 47.0 Å². The van der Waals surface area contributed by atoms with Crippen LogP contribution < -0.4 is 0 Å². The largest absolute Gasteiger partial charge is 0.444 e. The molecule has 1 rings (SSSR count). The molecule has 1 atom stereocenters. The number of ether oxygens (including phenoxy) is 1. The Morgan fingerprint density at radius 2 is 1.84 bits per heavy atom. The number of amides is 1. The van der Waals surface area contributed by atoms with Gasteiger partial charge in [0.25, 0.3) is 0 Å². The Morgan fingerprint density at radius 3 is 2.26 bits per heavy atom. The first-order chi connectivity index (χ1) is 8.69. The summed E-state index contributed by atoms with van der Waals surface area (Å²) in [4.78, 5) is 16.1. The molecule has 1 fully saturated rings. The summed E-state index contributed by atoms with van der Waals surface area (Å²) in [5.74, 6) is 0.732. The molecule has 4 nitrogen and oxygen atoms in total. The van der Waals surface area contributed by atoms with E-state index in [9.17, 15) is 4.79 Å². The fourth-order valence-corrected chi connectivity index (χ4v) is 2.37. The van der Waals surface area contributed by atoms with Crippen LogP contribution in [-0.2, 0) is 4.74 Å². The van der Waals surface area contributed by atoms with E-state index in [-0.39, 0.29) is 6.09 Å². The summed E-state index contributed by atoms with van der Waals surface area (Å²) in [5, 5.41) is 0. The molecule has 0 N–H and O–H groups in total. The lowest BCUT2D eigenvalue weighted by molar-refractivity contribution is 0.0174. The number of hydrogen-bond donors (Lipinski definition) is 0. The smallest absolute Gasteiger partial charge is 0.410 e. The Labute approximate surface area is 118 Å². The van der Waals surface area contributed by atoms with E-state index in [0.717, 1.165) is 31.8 Å². The Kier molecular flexibility index (Phi) is 5.65. The zero-order chi connectivity index (χ0) is 14.6. The van der Waals surface area contributed by atoms with Crippen LogP contribution in [0.2, 0.25) is 0 Å². The van der Waals surface area contributed by atoms with Crippen molar-refractivity contribution in [1.82, 2.24) is 9.80 Å². The maximum Gasteiger partial charge on any atom is 0.410 e. The molecular weight excluding hydrogens is 240 g/mol. The molecule has 0 aromatic heterocycles. The Balaban J connectivity index is 2.35. The van der Waals surface area contributed by atoms with Gasteiger partial charge in [0.2, 0.25) is 0 Å². The third-order valence-corrected chi connectivity index (χ3v) is 3.82. The molecule has 1 unspecified atom stereocenters. The second-order valence-corrected chi connectivity index (χ2v) is 6.96. The first-order valence-electron chi connectivity index (χ1n) is 7.33. The van der Waals surface area contributed by atoms with Gasteiger partial charge in [-0.25, -0.2) is 4.79 Å². The van der Waals surface area contributed by atoms with E-state index in [1.165, 1.54) is 6.42 Å². The first-order valence-corrected chi connectivity index (χ1v) is 7.33. The Hall–Kier alpha value is -0.770. The van der Waals surface area contributed by atoms with Crippen LogP contribution in [-0.4, -0.2) is 54.7 Å². The number of likely N-dealkylation sites (tertiary alicyclic amines) is 1. The second kappa shape index (κ2) is 6.60. The lowest BCUT2D eigenvalue weighted by atomic mass is 9.90. The maximum absolute atomic E-state index is 11.9. The number of piperidine rings is 1. The molecule has 1 aliphatic heterocycles. The van der Waals surface area contributed by atoms with E-state index in [1.807, 2.05) is 25.7 Å². The molecule has 0 radical (unpaired) electrons. The van der Waals surface area contributed by atoms with Crippen molar-refractivity contribution in [2.24, 2.45) is 5.92 Å². The highest BCUT2D eigenvalue weighted by Crippen LogP contribution is 2.24. The topological polar surface area (TPSA) is 32.8 Å². The average Bonchev–Trinajstić information content (AvgIpc) is 2.27. The molecule has 112 valence electrons. The summed E-state index contributed by atoms with van der Waals surface area (Å²) < 4.78 is 5.41. The molecule has 1 aliphatic rings. The Morgan fingerprint density at radius 1 is 1.32 bits per heavy atom. The van der Waals surface area contributed by atoms with Crippen molar-refractivity contribution in [3.8, 4) is 0 Å². The van der Waals surface area contributed by atoms with Gasteiger partial charge in [-0.1, -0.05) is 0 Å². The van der Waals surface area contributed by atoms with Gasteiger partial charge in [0.15, 0.2) is 0 Å². The molecule has 1 heterocycles. The summed E-state index contributed by atoms with van der Waals surface area (Å²) >= 11 is 0. The highest BCUT2D eigenvalue weighted by molar-refractivity contribution is 5.68. The van der Waals surface area contributed by atoms with E-state index >= 15 is 0 Å². The SMILES string of the molecule is CC(CC1CCN(C(=O)OC(C)(C)C)CC1)N(C)C. The van der Waals surface area contributed by atoms with Crippen molar-refractivity contribution < 1.29 is 9.53 Å². The van der Waals surface area contributed by atoms with Crippen LogP contribution >= 0.6 is 0 Å². The minimum atomic E-state index is -0.395. The molecule has 0 bridgehead atoms. The minimum absolute atomic E-state index is 0.161. The zero-order valence-corrected chi connectivity index (χ0v) is 13.4. The fourth-order valence-electron chi connectivity index (χ4n) is 2.37. The predicted octanol–water partition coefficient (Wildman–Crippen LogP) is 2.97. The average molecular weight is 270 g/mol. The van der Waals surface area contributed by atoms with E-state index < -0.39 is 5.60 Å². The summed E-state index contributed by atoms with van der Waals surface area (Å²) in [5.41, 5.74) is -0.395. The molecule has 4 heteroatoms. The molecule has 0 spiro atoms. The maximum atomic E-state index is 11.9. The van der Waals surface area contributed by atoms with E-state index in [1.54, 1.807) is 0 Å². The molecule has 0 aromatic carbocycles. The van der Waals surface area contributed by atoms with E-state index in [2.05, 4.69) is 25.9 Å². The Bertz CT molecular complexity index is 289. The van der Waals surface area contributed by atoms with Crippen molar-refractivity contribution in [3.05, 3.63) is 0 Å². The third kappa shape index (κ3) is 5.81. The standard InChI is InChI=1S/C15H30N2O2/c1-12(16(5)6)11-13-7-9-17(10-8-13)14(18)19-15(2,3)4/h12-13H,7-11H2,1-6H3. The van der Waals surface area contributed by atoms with Gasteiger partial charge in [0, 0.05) is 19.1 Å². The van der Waals surface area contributed by atoms with Crippen LogP contribution in [0.5, 0.6) is 0 Å². The molecule has 0 aromatic rings. The number of rotatable bonds is 3. The molecular formula is C15H30N2O2. The number of carbonyl (C=O) groups is 1. The lowest BCUT2D eigenvalue weighted by Crippen LogP contribution is -2.42. The van der Waals surface area contributed by atoms with Crippen molar-refractivity contribution in [2.75, 3.05) is 27.2 Å². The number of nitrogens with zero attached hydrogens (tertiary/aromatic N) is 2. The lowest BCUT2D eigenvalue weighted by Gasteiger charge is -2.35. The predicted molar refractivity (Wildman–Crippen MR) is 78.3 cm³/mol. The van der Waals surface area contributed by atoms with Gasteiger partial charge in [-0.15, -0.1) is 0 Å². The van der Waals surface area contributed by atoms with E-state index in [4.69, 9.17) is 4.74 Å². The van der Waals surface area contributed by atoms with Crippen molar-refractivity contribution >= 4 is 6.09 Å². The normalized spacial score (nSPS) is 19.6. The van der Waals surface area contributed by atoms with Crippen molar-refractivity contribution in [2.45, 2.75) is 58.6 Å². The summed E-state index contributed by atoms with van der Waals surface area (Å²) in [6, 6.07) is 0.609. The molecule has 0 aliphatic carbocycles. The fraction of sp³-hybridized carbons (Fsp3) is 0.933. The summed E-state index contributed by atoms with van der Waals surface area (Å²) in [6.07, 6.45) is 3.25. The van der Waals surface area contributed by atoms with Gasteiger partial charge < -0.3 is 14.5 Å². The highest BCUT2D eigenvalue weighted by Gasteiger charge is 2.27. The second-order valence-electron chi connectivity index (χ2n) is 6.96.